The Bertz CT molecular complexity index is 890. The van der Waals surface area contributed by atoms with Crippen molar-refractivity contribution in [2.45, 2.75) is 19.8 Å². The molecule has 1 aromatic heterocycles. The lowest BCUT2D eigenvalue weighted by Gasteiger charge is -2.27. The largest absolute Gasteiger partial charge is 0.378 e. The molecule has 30 heavy (non-hydrogen) atoms. The monoisotopic (exact) mass is 410 g/mol. The van der Waals surface area contributed by atoms with Gasteiger partial charge in [0.1, 0.15) is 0 Å². The van der Waals surface area contributed by atoms with Crippen LogP contribution in [0, 0.1) is 0 Å². The van der Waals surface area contributed by atoms with E-state index in [-0.39, 0.29) is 5.91 Å². The smallest absolute Gasteiger partial charge is 0.250 e. The van der Waals surface area contributed by atoms with E-state index >= 15 is 0 Å². The lowest BCUT2D eigenvalue weighted by atomic mass is 10.2. The second-order valence-electron chi connectivity index (χ2n) is 7.23. The third-order valence-electron chi connectivity index (χ3n) is 4.90. The average Bonchev–Trinajstić information content (AvgIpc) is 3.30. The van der Waals surface area contributed by atoms with Gasteiger partial charge in [0, 0.05) is 38.8 Å². The Labute approximate surface area is 175 Å². The highest BCUT2D eigenvalue weighted by molar-refractivity contribution is 5.89. The molecule has 2 aromatic rings. The van der Waals surface area contributed by atoms with Crippen LogP contribution in [0.4, 0.5) is 23.5 Å². The number of morpholine rings is 1. The van der Waals surface area contributed by atoms with Gasteiger partial charge in [0.25, 0.3) is 0 Å². The number of carbonyl (C=O) groups excluding carboxylic acids is 1. The molecular weight excluding hydrogens is 384 g/mol. The quantitative estimate of drug-likeness (QED) is 0.547. The van der Waals surface area contributed by atoms with Crippen molar-refractivity contribution < 1.29 is 9.53 Å². The van der Waals surface area contributed by atoms with E-state index in [1.165, 1.54) is 6.92 Å². The molecule has 2 aliphatic rings. The number of amides is 1. The first-order valence-corrected chi connectivity index (χ1v) is 10.2. The van der Waals surface area contributed by atoms with Gasteiger partial charge < -0.3 is 19.9 Å². The third kappa shape index (κ3) is 5.20. The predicted octanol–water partition coefficient (Wildman–Crippen LogP) is 1.71. The lowest BCUT2D eigenvalue weighted by molar-refractivity contribution is -0.114. The number of hydrogen-bond donors (Lipinski definition) is 2. The van der Waals surface area contributed by atoms with Gasteiger partial charge in [0.15, 0.2) is 0 Å². The minimum Gasteiger partial charge on any atom is -0.378 e. The Morgan fingerprint density at radius 2 is 1.63 bits per heavy atom. The maximum atomic E-state index is 11.1. The summed E-state index contributed by atoms with van der Waals surface area (Å²) < 4.78 is 5.44. The Morgan fingerprint density at radius 3 is 2.27 bits per heavy atom. The Morgan fingerprint density at radius 1 is 1.00 bits per heavy atom. The van der Waals surface area contributed by atoms with Crippen molar-refractivity contribution in [2.75, 3.05) is 59.9 Å². The maximum absolute atomic E-state index is 11.1. The van der Waals surface area contributed by atoms with Crippen LogP contribution in [0.3, 0.4) is 0 Å². The summed E-state index contributed by atoms with van der Waals surface area (Å²) in [5.74, 6) is 1.64. The minimum absolute atomic E-state index is 0.0993. The van der Waals surface area contributed by atoms with Crippen LogP contribution in [-0.2, 0) is 9.53 Å². The summed E-state index contributed by atoms with van der Waals surface area (Å²) in [6, 6.07) is 7.40. The second kappa shape index (κ2) is 9.49. The van der Waals surface area contributed by atoms with E-state index in [1.54, 1.807) is 6.21 Å². The van der Waals surface area contributed by atoms with Crippen molar-refractivity contribution in [3.05, 3.63) is 29.8 Å². The molecule has 158 valence electrons. The number of ether oxygens (including phenoxy) is 1. The molecular formula is C20H26N8O2. The van der Waals surface area contributed by atoms with E-state index in [1.807, 2.05) is 24.3 Å². The molecule has 2 fully saturated rings. The first-order chi connectivity index (χ1) is 14.7. The molecule has 3 heterocycles. The zero-order valence-electron chi connectivity index (χ0n) is 17.0. The van der Waals surface area contributed by atoms with E-state index in [2.05, 4.69) is 40.6 Å². The van der Waals surface area contributed by atoms with Crippen molar-refractivity contribution in [3.63, 3.8) is 0 Å². The van der Waals surface area contributed by atoms with Crippen LogP contribution >= 0.6 is 0 Å². The number of anilines is 4. The molecule has 10 heteroatoms. The van der Waals surface area contributed by atoms with E-state index in [0.717, 1.165) is 50.3 Å². The number of hydrazone groups is 1. The number of nitrogens with zero attached hydrogens (tertiary/aromatic N) is 6. The van der Waals surface area contributed by atoms with Gasteiger partial charge in [-0.2, -0.15) is 20.1 Å². The molecule has 0 bridgehead atoms. The number of benzene rings is 1. The molecule has 1 amide bonds. The van der Waals surface area contributed by atoms with Gasteiger partial charge in [-0.25, -0.2) is 5.43 Å². The Hall–Kier alpha value is -3.27. The third-order valence-corrected chi connectivity index (χ3v) is 4.90. The van der Waals surface area contributed by atoms with Crippen LogP contribution < -0.4 is 20.5 Å². The molecule has 2 aliphatic heterocycles. The van der Waals surface area contributed by atoms with Gasteiger partial charge in [-0.1, -0.05) is 12.1 Å². The number of hydrogen-bond acceptors (Lipinski definition) is 9. The highest BCUT2D eigenvalue weighted by atomic mass is 16.5. The highest BCUT2D eigenvalue weighted by Crippen LogP contribution is 2.21. The Balaban J connectivity index is 1.48. The zero-order chi connectivity index (χ0) is 20.8. The van der Waals surface area contributed by atoms with E-state index < -0.39 is 0 Å². The molecule has 0 spiro atoms. The Kier molecular flexibility index (Phi) is 6.33. The molecule has 2 saturated heterocycles. The van der Waals surface area contributed by atoms with Crippen LogP contribution in [0.1, 0.15) is 25.3 Å². The average molecular weight is 410 g/mol. The number of nitrogens with one attached hydrogen (secondary N) is 2. The molecule has 0 atom stereocenters. The van der Waals surface area contributed by atoms with Crippen molar-refractivity contribution in [2.24, 2.45) is 5.10 Å². The minimum atomic E-state index is -0.0993. The summed E-state index contributed by atoms with van der Waals surface area (Å²) in [5, 5.41) is 7.02. The highest BCUT2D eigenvalue weighted by Gasteiger charge is 2.21. The fourth-order valence-electron chi connectivity index (χ4n) is 3.39. The maximum Gasteiger partial charge on any atom is 0.250 e. The fraction of sp³-hybridized carbons (Fsp3) is 0.450. The second-order valence-corrected chi connectivity index (χ2v) is 7.23. The molecule has 0 unspecified atom stereocenters. The number of carbonyl (C=O) groups is 1. The summed E-state index contributed by atoms with van der Waals surface area (Å²) in [4.78, 5) is 29.2. The van der Waals surface area contributed by atoms with Crippen LogP contribution in [0.5, 0.6) is 0 Å². The van der Waals surface area contributed by atoms with Gasteiger partial charge in [-0.3, -0.25) is 4.79 Å². The zero-order valence-corrected chi connectivity index (χ0v) is 17.0. The number of aromatic nitrogens is 3. The van der Waals surface area contributed by atoms with Crippen molar-refractivity contribution in [1.29, 1.82) is 0 Å². The summed E-state index contributed by atoms with van der Waals surface area (Å²) >= 11 is 0. The van der Waals surface area contributed by atoms with Gasteiger partial charge >= 0.3 is 0 Å². The van der Waals surface area contributed by atoms with Crippen molar-refractivity contribution >= 4 is 35.7 Å². The van der Waals surface area contributed by atoms with Crippen LogP contribution in [-0.4, -0.2) is 66.5 Å². The van der Waals surface area contributed by atoms with E-state index in [9.17, 15) is 4.79 Å². The first kappa shape index (κ1) is 20.0. The molecule has 10 nitrogen and oxygen atoms in total. The molecule has 4 rings (SSSR count). The SMILES string of the molecule is CC(=O)Nc1ccc(/C=N/Nc2nc(N3CCCC3)nc(N3CCOCC3)n2)cc1. The van der Waals surface area contributed by atoms with Gasteiger partial charge in [0.2, 0.25) is 23.8 Å². The van der Waals surface area contributed by atoms with Gasteiger partial charge in [-0.05, 0) is 30.5 Å². The molecule has 0 saturated carbocycles. The van der Waals surface area contributed by atoms with Gasteiger partial charge in [-0.15, -0.1) is 0 Å². The van der Waals surface area contributed by atoms with E-state index in [4.69, 9.17) is 4.74 Å². The number of rotatable bonds is 6. The lowest BCUT2D eigenvalue weighted by Crippen LogP contribution is -2.38. The van der Waals surface area contributed by atoms with Crippen molar-refractivity contribution in [1.82, 2.24) is 15.0 Å². The normalized spacial score (nSPS) is 16.8. The van der Waals surface area contributed by atoms with Crippen LogP contribution in [0.2, 0.25) is 0 Å². The van der Waals surface area contributed by atoms with Crippen LogP contribution in [0.15, 0.2) is 29.4 Å². The molecule has 0 radical (unpaired) electrons. The molecule has 1 aromatic carbocycles. The van der Waals surface area contributed by atoms with Crippen molar-refractivity contribution in [3.8, 4) is 0 Å². The van der Waals surface area contributed by atoms with Gasteiger partial charge in [0.05, 0.1) is 19.4 Å². The van der Waals surface area contributed by atoms with E-state index in [0.29, 0.717) is 31.1 Å². The first-order valence-electron chi connectivity index (χ1n) is 10.2. The summed E-state index contributed by atoms with van der Waals surface area (Å²) in [5.41, 5.74) is 4.57. The fourth-order valence-corrected chi connectivity index (χ4v) is 3.39. The summed E-state index contributed by atoms with van der Waals surface area (Å²) in [6.07, 6.45) is 3.98. The topological polar surface area (TPSA) is 108 Å². The summed E-state index contributed by atoms with van der Waals surface area (Å²) in [6.45, 7) is 6.24. The van der Waals surface area contributed by atoms with Crippen LogP contribution in [0.25, 0.3) is 0 Å². The standard InChI is InChI=1S/C20H26N8O2/c1-15(29)22-17-6-4-16(5-7-17)14-21-26-18-23-19(27-8-2-3-9-27)25-20(24-18)28-10-12-30-13-11-28/h4-7,14H,2-3,8-13H2,1H3,(H,22,29)(H,23,24,25,26)/b21-14+. The molecule has 2 N–H and O–H groups in total. The molecule has 0 aliphatic carbocycles. The summed E-state index contributed by atoms with van der Waals surface area (Å²) in [7, 11) is 0. The predicted molar refractivity (Wildman–Crippen MR) is 116 cm³/mol.